The number of rotatable bonds is 9. The van der Waals surface area contributed by atoms with Gasteiger partial charge in [0.1, 0.15) is 5.75 Å². The van der Waals surface area contributed by atoms with Gasteiger partial charge in [0.25, 0.3) is 0 Å². The number of carbonyl (C=O) groups excluding carboxylic acids is 1. The maximum absolute atomic E-state index is 13.0. The van der Waals surface area contributed by atoms with E-state index < -0.39 is 0 Å². The van der Waals surface area contributed by atoms with Crippen LogP contribution in [0, 0.1) is 0 Å². The lowest BCUT2D eigenvalue weighted by molar-refractivity contribution is -0.116. The summed E-state index contributed by atoms with van der Waals surface area (Å²) in [6.45, 7) is 2.54. The Bertz CT molecular complexity index is 1420. The molecule has 0 saturated carbocycles. The second-order valence-electron chi connectivity index (χ2n) is 9.10. The number of nitrogens with zero attached hydrogens (tertiary/aromatic N) is 3. The lowest BCUT2D eigenvalue weighted by Crippen LogP contribution is -2.33. The molecule has 3 heterocycles. The first kappa shape index (κ1) is 25.5. The van der Waals surface area contributed by atoms with Gasteiger partial charge in [0.15, 0.2) is 5.11 Å². The third-order valence-corrected chi connectivity index (χ3v) is 7.23. The number of methoxy groups -OCH3 is 1. The Labute approximate surface area is 228 Å². The summed E-state index contributed by atoms with van der Waals surface area (Å²) in [7, 11) is 1.67. The van der Waals surface area contributed by atoms with Crippen molar-refractivity contribution in [2.75, 3.05) is 19.0 Å². The van der Waals surface area contributed by atoms with Crippen LogP contribution in [0.3, 0.4) is 0 Å². The third kappa shape index (κ3) is 5.13. The summed E-state index contributed by atoms with van der Waals surface area (Å²) in [6.07, 6.45) is 4.96. The SMILES string of the molecule is CCc1ccccc1NC(=O)CCN1C(=S)N[C@H](c2ccccn2)[C@@H]1c1cccn1-c1ccccc1OC. The average molecular weight is 526 g/mol. The number of amides is 1. The second-order valence-corrected chi connectivity index (χ2v) is 9.49. The number of pyridine rings is 1. The van der Waals surface area contributed by atoms with Crippen molar-refractivity contribution >= 4 is 28.9 Å². The zero-order valence-electron chi connectivity index (χ0n) is 21.5. The predicted molar refractivity (Wildman–Crippen MR) is 154 cm³/mol. The number of aryl methyl sites for hydroxylation is 1. The van der Waals surface area contributed by atoms with E-state index in [-0.39, 0.29) is 18.0 Å². The first-order valence-electron chi connectivity index (χ1n) is 12.8. The van der Waals surface area contributed by atoms with Gasteiger partial charge >= 0.3 is 0 Å². The number of ether oxygens (including phenoxy) is 1. The number of benzene rings is 2. The molecule has 7 nitrogen and oxygen atoms in total. The van der Waals surface area contributed by atoms with Crippen molar-refractivity contribution in [3.63, 3.8) is 0 Å². The molecule has 0 radical (unpaired) electrons. The Kier molecular flexibility index (Phi) is 7.70. The summed E-state index contributed by atoms with van der Waals surface area (Å²) in [6, 6.07) is 25.4. The Morgan fingerprint density at radius 1 is 1.05 bits per heavy atom. The van der Waals surface area contributed by atoms with Crippen LogP contribution < -0.4 is 15.4 Å². The molecule has 194 valence electrons. The van der Waals surface area contributed by atoms with E-state index in [2.05, 4.69) is 38.1 Å². The fourth-order valence-electron chi connectivity index (χ4n) is 5.04. The van der Waals surface area contributed by atoms with Gasteiger partial charge in [-0.05, 0) is 66.7 Å². The smallest absolute Gasteiger partial charge is 0.226 e. The normalized spacial score (nSPS) is 16.8. The highest BCUT2D eigenvalue weighted by Gasteiger charge is 2.41. The third-order valence-electron chi connectivity index (χ3n) is 6.88. The van der Waals surface area contributed by atoms with E-state index in [0.717, 1.165) is 40.5 Å². The average Bonchev–Trinajstić information content (AvgIpc) is 3.56. The number of hydrogen-bond donors (Lipinski definition) is 2. The molecule has 0 bridgehead atoms. The van der Waals surface area contributed by atoms with Crippen LogP contribution in [0.15, 0.2) is 91.3 Å². The second kappa shape index (κ2) is 11.5. The van der Waals surface area contributed by atoms with Crippen molar-refractivity contribution < 1.29 is 9.53 Å². The molecular weight excluding hydrogens is 494 g/mol. The van der Waals surface area contributed by atoms with E-state index >= 15 is 0 Å². The summed E-state index contributed by atoms with van der Waals surface area (Å²) in [4.78, 5) is 19.8. The van der Waals surface area contributed by atoms with Gasteiger partial charge in [0.2, 0.25) is 5.91 Å². The first-order chi connectivity index (χ1) is 18.6. The van der Waals surface area contributed by atoms with Crippen LogP contribution in [-0.2, 0) is 11.2 Å². The van der Waals surface area contributed by atoms with Gasteiger partial charge < -0.3 is 24.8 Å². The van der Waals surface area contributed by atoms with Crippen LogP contribution in [-0.4, -0.2) is 39.1 Å². The van der Waals surface area contributed by atoms with Crippen molar-refractivity contribution in [2.24, 2.45) is 0 Å². The summed E-state index contributed by atoms with van der Waals surface area (Å²) in [5.74, 6) is 0.724. The lowest BCUT2D eigenvalue weighted by atomic mass is 10.0. The van der Waals surface area contributed by atoms with E-state index in [4.69, 9.17) is 17.0 Å². The van der Waals surface area contributed by atoms with Gasteiger partial charge in [0.05, 0.1) is 30.6 Å². The monoisotopic (exact) mass is 525 g/mol. The molecule has 0 unspecified atom stereocenters. The first-order valence-corrected chi connectivity index (χ1v) is 13.2. The molecule has 2 atom stereocenters. The molecular formula is C30H31N5O2S. The minimum absolute atomic E-state index is 0.0474. The molecule has 4 aromatic rings. The Hall–Kier alpha value is -4.17. The summed E-state index contributed by atoms with van der Waals surface area (Å²) < 4.78 is 7.78. The molecule has 5 rings (SSSR count). The van der Waals surface area contributed by atoms with Crippen LogP contribution in [0.5, 0.6) is 5.75 Å². The molecule has 0 spiro atoms. The standard InChI is InChI=1S/C30H31N5O2S/c1-3-21-11-4-5-12-22(21)32-27(36)17-20-35-29(28(33-30(35)38)23-13-8-9-18-31-23)25-15-10-19-34(25)24-14-6-7-16-26(24)37-2/h4-16,18-19,28-29H,3,17,20H2,1-2H3,(H,32,36)(H,33,38)/t28-,29+/m1/s1. The maximum atomic E-state index is 13.0. The highest BCUT2D eigenvalue weighted by Crippen LogP contribution is 2.40. The molecule has 2 aromatic heterocycles. The van der Waals surface area contributed by atoms with Crippen molar-refractivity contribution in [1.29, 1.82) is 0 Å². The number of carbonyl (C=O) groups is 1. The topological polar surface area (TPSA) is 71.4 Å². The van der Waals surface area contributed by atoms with Crippen LogP contribution >= 0.6 is 12.2 Å². The summed E-state index contributed by atoms with van der Waals surface area (Å²) in [5.41, 5.74) is 4.81. The van der Waals surface area contributed by atoms with Gasteiger partial charge in [-0.25, -0.2) is 0 Å². The fraction of sp³-hybridized carbons (Fsp3) is 0.233. The molecule has 1 aliphatic heterocycles. The van der Waals surface area contributed by atoms with Crippen molar-refractivity contribution in [3.8, 4) is 11.4 Å². The molecule has 2 aromatic carbocycles. The molecule has 0 aliphatic carbocycles. The Morgan fingerprint density at radius 3 is 2.63 bits per heavy atom. The number of para-hydroxylation sites is 3. The maximum Gasteiger partial charge on any atom is 0.226 e. The highest BCUT2D eigenvalue weighted by molar-refractivity contribution is 7.80. The van der Waals surface area contributed by atoms with Crippen LogP contribution in [0.4, 0.5) is 5.69 Å². The molecule has 1 fully saturated rings. The number of thiocarbonyl (C=S) groups is 1. The number of aromatic nitrogens is 2. The molecule has 1 aliphatic rings. The predicted octanol–water partition coefficient (Wildman–Crippen LogP) is 5.44. The lowest BCUT2D eigenvalue weighted by Gasteiger charge is -2.29. The summed E-state index contributed by atoms with van der Waals surface area (Å²) >= 11 is 5.82. The Balaban J connectivity index is 1.46. The summed E-state index contributed by atoms with van der Waals surface area (Å²) in [5, 5.41) is 7.16. The largest absolute Gasteiger partial charge is 0.495 e. The minimum atomic E-state index is -0.187. The van der Waals surface area contributed by atoms with Crippen LogP contribution in [0.25, 0.3) is 5.69 Å². The van der Waals surface area contributed by atoms with E-state index in [0.29, 0.717) is 18.1 Å². The fourth-order valence-corrected chi connectivity index (χ4v) is 5.37. The van der Waals surface area contributed by atoms with Gasteiger partial charge in [-0.15, -0.1) is 0 Å². The zero-order chi connectivity index (χ0) is 26.5. The number of hydrogen-bond acceptors (Lipinski definition) is 4. The quantitative estimate of drug-likeness (QED) is 0.284. The van der Waals surface area contributed by atoms with Crippen LogP contribution in [0.2, 0.25) is 0 Å². The van der Waals surface area contributed by atoms with Crippen LogP contribution in [0.1, 0.15) is 42.4 Å². The van der Waals surface area contributed by atoms with E-state index in [9.17, 15) is 4.79 Å². The molecule has 2 N–H and O–H groups in total. The van der Waals surface area contributed by atoms with Gasteiger partial charge in [-0.3, -0.25) is 9.78 Å². The number of nitrogens with one attached hydrogen (secondary N) is 2. The highest BCUT2D eigenvalue weighted by atomic mass is 32.1. The van der Waals surface area contributed by atoms with Crippen molar-refractivity contribution in [1.82, 2.24) is 19.8 Å². The molecule has 1 saturated heterocycles. The number of anilines is 1. The van der Waals surface area contributed by atoms with Gasteiger partial charge in [0, 0.05) is 36.7 Å². The molecule has 8 heteroatoms. The molecule has 38 heavy (non-hydrogen) atoms. The van der Waals surface area contributed by atoms with E-state index in [1.165, 1.54) is 0 Å². The minimum Gasteiger partial charge on any atom is -0.495 e. The molecule has 1 amide bonds. The Morgan fingerprint density at radius 2 is 1.84 bits per heavy atom. The van der Waals surface area contributed by atoms with E-state index in [1.54, 1.807) is 13.3 Å². The zero-order valence-corrected chi connectivity index (χ0v) is 22.3. The van der Waals surface area contributed by atoms with Gasteiger partial charge in [-0.1, -0.05) is 43.3 Å². The van der Waals surface area contributed by atoms with Crippen molar-refractivity contribution in [2.45, 2.75) is 31.8 Å². The van der Waals surface area contributed by atoms with E-state index in [1.807, 2.05) is 79.0 Å². The van der Waals surface area contributed by atoms with Crippen molar-refractivity contribution in [3.05, 3.63) is 108 Å². The van der Waals surface area contributed by atoms with Gasteiger partial charge in [-0.2, -0.15) is 0 Å².